The molecule has 1 saturated heterocycles. The average molecular weight is 365 g/mol. The van der Waals surface area contributed by atoms with E-state index in [2.05, 4.69) is 15.6 Å². The molecule has 140 valence electrons. The van der Waals surface area contributed by atoms with Crippen LogP contribution in [0.5, 0.6) is 0 Å². The van der Waals surface area contributed by atoms with E-state index < -0.39 is 0 Å². The molecule has 2 N–H and O–H groups in total. The highest BCUT2D eigenvalue weighted by Crippen LogP contribution is 2.44. The number of pyridine rings is 1. The Kier molecular flexibility index (Phi) is 4.66. The van der Waals surface area contributed by atoms with Crippen molar-refractivity contribution in [1.82, 2.24) is 15.6 Å². The Morgan fingerprint density at radius 1 is 1.15 bits per heavy atom. The molecule has 6 nitrogen and oxygen atoms in total. The maximum absolute atomic E-state index is 12.7. The van der Waals surface area contributed by atoms with Gasteiger partial charge in [-0.2, -0.15) is 0 Å². The summed E-state index contributed by atoms with van der Waals surface area (Å²) in [6, 6.07) is 11.6. The highest BCUT2D eigenvalue weighted by atomic mass is 16.5. The second kappa shape index (κ2) is 7.12. The van der Waals surface area contributed by atoms with Crippen molar-refractivity contribution in [3.8, 4) is 0 Å². The third-order valence-electron chi connectivity index (χ3n) is 5.48. The van der Waals surface area contributed by atoms with Crippen LogP contribution in [-0.2, 0) is 11.2 Å². The highest BCUT2D eigenvalue weighted by molar-refractivity contribution is 5.98. The van der Waals surface area contributed by atoms with Crippen molar-refractivity contribution < 1.29 is 14.3 Å². The molecule has 2 fully saturated rings. The van der Waals surface area contributed by atoms with Crippen molar-refractivity contribution in [2.24, 2.45) is 11.8 Å². The van der Waals surface area contributed by atoms with Crippen LogP contribution in [0.1, 0.15) is 37.7 Å². The Balaban J connectivity index is 1.59. The molecule has 1 aliphatic heterocycles. The Morgan fingerprint density at radius 3 is 2.59 bits per heavy atom. The van der Waals surface area contributed by atoms with Gasteiger partial charge in [0, 0.05) is 42.6 Å². The predicted octanol–water partition coefficient (Wildman–Crippen LogP) is 1.72. The predicted molar refractivity (Wildman–Crippen MR) is 101 cm³/mol. The molecule has 0 bridgehead atoms. The number of aromatic nitrogens is 1. The van der Waals surface area contributed by atoms with Crippen LogP contribution in [0.2, 0.25) is 0 Å². The van der Waals surface area contributed by atoms with Gasteiger partial charge in [0.05, 0.1) is 13.2 Å². The number of nitrogens with zero attached hydrogens (tertiary/aromatic N) is 1. The molecule has 0 spiro atoms. The fourth-order valence-corrected chi connectivity index (χ4v) is 3.75. The van der Waals surface area contributed by atoms with Crippen LogP contribution in [0, 0.1) is 18.8 Å². The zero-order chi connectivity index (χ0) is 19.0. The topological polar surface area (TPSA) is 80.3 Å². The quantitative estimate of drug-likeness (QED) is 0.845. The summed E-state index contributed by atoms with van der Waals surface area (Å²) in [6.45, 7) is 3.47. The fraction of sp³-hybridized carbons (Fsp3) is 0.381. The molecule has 2 amide bonds. The van der Waals surface area contributed by atoms with E-state index in [1.54, 1.807) is 19.2 Å². The van der Waals surface area contributed by atoms with Crippen LogP contribution in [0.4, 0.5) is 0 Å². The van der Waals surface area contributed by atoms with Gasteiger partial charge < -0.3 is 15.4 Å². The number of ether oxygens (including phenoxy) is 1. The number of fused-ring (bicyclic) bond motifs is 1. The molecule has 3 atom stereocenters. The Morgan fingerprint density at radius 2 is 1.89 bits per heavy atom. The molecule has 2 heterocycles. The minimum Gasteiger partial charge on any atom is -0.381 e. The lowest BCUT2D eigenvalue weighted by atomic mass is 10.0. The van der Waals surface area contributed by atoms with Crippen LogP contribution < -0.4 is 10.6 Å². The number of carbonyl (C=O) groups is 2. The number of hydrogen-bond acceptors (Lipinski definition) is 4. The van der Waals surface area contributed by atoms with Gasteiger partial charge in [-0.1, -0.05) is 24.3 Å². The molecule has 1 aromatic heterocycles. The SMILES string of the molecule is CNC(=O)c1cc(C(=O)NC2[C@H]3COC[C@@H]23)cc(Cc2ccccc2C)n1. The molecule has 1 unspecified atom stereocenters. The second-order valence-electron chi connectivity index (χ2n) is 7.28. The van der Waals surface area contributed by atoms with Crippen molar-refractivity contribution in [1.29, 1.82) is 0 Å². The lowest BCUT2D eigenvalue weighted by molar-refractivity contribution is 0.0928. The molecule has 2 aromatic rings. The van der Waals surface area contributed by atoms with E-state index in [4.69, 9.17) is 4.74 Å². The largest absolute Gasteiger partial charge is 0.381 e. The second-order valence-corrected chi connectivity index (χ2v) is 7.28. The van der Waals surface area contributed by atoms with E-state index in [9.17, 15) is 9.59 Å². The molecular weight excluding hydrogens is 342 g/mol. The standard InChI is InChI=1S/C21H23N3O3/c1-12-5-3-4-6-13(12)7-15-8-14(9-18(23-15)21(26)22-2)20(25)24-19-16-10-27-11-17(16)19/h3-6,8-9,16-17,19H,7,10-11H2,1-2H3,(H,22,26)(H,24,25)/t16-,17+,19?. The summed E-state index contributed by atoms with van der Waals surface area (Å²) in [4.78, 5) is 29.3. The monoisotopic (exact) mass is 365 g/mol. The number of nitrogens with one attached hydrogen (secondary N) is 2. The van der Waals surface area contributed by atoms with Gasteiger partial charge in [0.15, 0.2) is 0 Å². The molecule has 2 aliphatic rings. The Labute approximate surface area is 158 Å². The van der Waals surface area contributed by atoms with Crippen LogP contribution in [0.25, 0.3) is 0 Å². The zero-order valence-electron chi connectivity index (χ0n) is 15.5. The minimum atomic E-state index is -0.299. The lowest BCUT2D eigenvalue weighted by Crippen LogP contribution is -2.30. The van der Waals surface area contributed by atoms with Crippen molar-refractivity contribution >= 4 is 11.8 Å². The smallest absolute Gasteiger partial charge is 0.269 e. The van der Waals surface area contributed by atoms with E-state index >= 15 is 0 Å². The average Bonchev–Trinajstić information content (AvgIpc) is 3.09. The summed E-state index contributed by atoms with van der Waals surface area (Å²) in [6.07, 6.45) is 0.570. The number of rotatable bonds is 5. The van der Waals surface area contributed by atoms with Crippen molar-refractivity contribution in [3.05, 3.63) is 64.5 Å². The molecular formula is C21H23N3O3. The maximum Gasteiger partial charge on any atom is 0.269 e. The third-order valence-corrected chi connectivity index (χ3v) is 5.48. The molecule has 6 heteroatoms. The van der Waals surface area contributed by atoms with Crippen LogP contribution in [0.15, 0.2) is 36.4 Å². The number of benzene rings is 1. The molecule has 4 rings (SSSR count). The van der Waals surface area contributed by atoms with Gasteiger partial charge >= 0.3 is 0 Å². The van der Waals surface area contributed by atoms with Crippen molar-refractivity contribution in [3.63, 3.8) is 0 Å². The van der Waals surface area contributed by atoms with Gasteiger partial charge in [-0.05, 0) is 30.2 Å². The number of carbonyl (C=O) groups excluding carboxylic acids is 2. The maximum atomic E-state index is 12.7. The minimum absolute atomic E-state index is 0.159. The van der Waals surface area contributed by atoms with Crippen molar-refractivity contribution in [2.75, 3.05) is 20.3 Å². The zero-order valence-corrected chi connectivity index (χ0v) is 15.5. The molecule has 1 aliphatic carbocycles. The summed E-state index contributed by atoms with van der Waals surface area (Å²) in [7, 11) is 1.56. The molecule has 1 saturated carbocycles. The van der Waals surface area contributed by atoms with Gasteiger partial charge in [0.2, 0.25) is 0 Å². The number of hydrogen-bond donors (Lipinski definition) is 2. The van der Waals surface area contributed by atoms with E-state index in [-0.39, 0.29) is 23.6 Å². The highest BCUT2D eigenvalue weighted by Gasteiger charge is 2.54. The molecule has 27 heavy (non-hydrogen) atoms. The summed E-state index contributed by atoms with van der Waals surface area (Å²) in [5.41, 5.74) is 3.71. The van der Waals surface area contributed by atoms with Gasteiger partial charge in [0.1, 0.15) is 5.69 Å². The van der Waals surface area contributed by atoms with Gasteiger partial charge in [0.25, 0.3) is 11.8 Å². The summed E-state index contributed by atoms with van der Waals surface area (Å²) >= 11 is 0. The van der Waals surface area contributed by atoms with Crippen molar-refractivity contribution in [2.45, 2.75) is 19.4 Å². The first-order chi connectivity index (χ1) is 13.1. The summed E-state index contributed by atoms with van der Waals surface area (Å²) < 4.78 is 5.37. The first kappa shape index (κ1) is 17.7. The van der Waals surface area contributed by atoms with Gasteiger partial charge in [-0.3, -0.25) is 9.59 Å². The summed E-state index contributed by atoms with van der Waals surface area (Å²) in [5.74, 6) is 0.404. The van der Waals surface area contributed by atoms with Crippen LogP contribution >= 0.6 is 0 Å². The van der Waals surface area contributed by atoms with Crippen LogP contribution in [0.3, 0.4) is 0 Å². The lowest BCUT2D eigenvalue weighted by Gasteiger charge is -2.11. The third kappa shape index (κ3) is 3.57. The normalized spacial score (nSPS) is 22.8. The summed E-state index contributed by atoms with van der Waals surface area (Å²) in [5, 5.41) is 5.67. The fourth-order valence-electron chi connectivity index (χ4n) is 3.75. The molecule has 1 aromatic carbocycles. The van der Waals surface area contributed by atoms with Crippen LogP contribution in [-0.4, -0.2) is 43.1 Å². The van der Waals surface area contributed by atoms with E-state index in [1.165, 1.54) is 0 Å². The van der Waals surface area contributed by atoms with E-state index in [0.29, 0.717) is 42.7 Å². The Hall–Kier alpha value is -2.73. The van der Waals surface area contributed by atoms with E-state index in [0.717, 1.165) is 11.1 Å². The Bertz CT molecular complexity index is 886. The number of aryl methyl sites for hydroxylation is 1. The van der Waals surface area contributed by atoms with E-state index in [1.807, 2.05) is 31.2 Å². The first-order valence-corrected chi connectivity index (χ1v) is 9.23. The first-order valence-electron chi connectivity index (χ1n) is 9.23. The molecule has 0 radical (unpaired) electrons. The number of amides is 2. The van der Waals surface area contributed by atoms with Gasteiger partial charge in [-0.25, -0.2) is 4.98 Å². The van der Waals surface area contributed by atoms with Gasteiger partial charge in [-0.15, -0.1) is 0 Å².